The van der Waals surface area contributed by atoms with Crippen LogP contribution in [0.1, 0.15) is 5.56 Å². The summed E-state index contributed by atoms with van der Waals surface area (Å²) in [4.78, 5) is 27.5. The minimum absolute atomic E-state index is 0.190. The number of hydrogen-bond donors (Lipinski definition) is 1. The normalized spacial score (nSPS) is 21.0. The summed E-state index contributed by atoms with van der Waals surface area (Å²) in [6, 6.07) is 9.61. The van der Waals surface area contributed by atoms with Gasteiger partial charge in [-0.3, -0.25) is 19.7 Å². The summed E-state index contributed by atoms with van der Waals surface area (Å²) in [5.74, 6) is -0.190. The van der Waals surface area contributed by atoms with Gasteiger partial charge < -0.3 is 4.90 Å². The maximum atomic E-state index is 11.9. The van der Waals surface area contributed by atoms with Crippen molar-refractivity contribution in [1.29, 1.82) is 0 Å². The van der Waals surface area contributed by atoms with E-state index < -0.39 is 0 Å². The first-order valence-electron chi connectivity index (χ1n) is 8.03. The molecule has 0 saturated carbocycles. The van der Waals surface area contributed by atoms with Gasteiger partial charge in [0.1, 0.15) is 6.04 Å². The molecular formula is C17H19N5O2. The molecule has 7 heteroatoms. The fourth-order valence-electron chi connectivity index (χ4n) is 3.50. The standard InChI is InChI=1S/C17H19N5O2/c1-20-14(6-7-18-20)13-5-3-2-4-12(13)10-21-8-9-22-15(11-21)16(23)19-17(22)24/h2-7,15H,8-11H2,1H3,(H,19,23,24). The zero-order chi connectivity index (χ0) is 16.7. The van der Waals surface area contributed by atoms with E-state index in [0.717, 1.165) is 24.3 Å². The Morgan fingerprint density at radius 3 is 2.83 bits per heavy atom. The number of nitrogens with zero attached hydrogens (tertiary/aromatic N) is 4. The Labute approximate surface area is 139 Å². The van der Waals surface area contributed by atoms with Gasteiger partial charge in [0.05, 0.1) is 5.69 Å². The van der Waals surface area contributed by atoms with E-state index in [4.69, 9.17) is 0 Å². The van der Waals surface area contributed by atoms with E-state index >= 15 is 0 Å². The molecule has 2 aliphatic heterocycles. The SMILES string of the molecule is Cn1nccc1-c1ccccc1CN1CCN2C(=O)NC(=O)C2C1. The first kappa shape index (κ1) is 14.9. The molecule has 124 valence electrons. The molecule has 1 N–H and O–H groups in total. The van der Waals surface area contributed by atoms with Crippen LogP contribution in [0, 0.1) is 0 Å². The van der Waals surface area contributed by atoms with Gasteiger partial charge in [0.25, 0.3) is 5.91 Å². The zero-order valence-electron chi connectivity index (χ0n) is 13.5. The molecule has 2 aliphatic rings. The first-order valence-corrected chi connectivity index (χ1v) is 8.03. The average Bonchev–Trinajstić information content (AvgIpc) is 3.12. The third-order valence-electron chi connectivity index (χ3n) is 4.77. The molecule has 0 spiro atoms. The van der Waals surface area contributed by atoms with E-state index in [1.807, 2.05) is 29.9 Å². The first-order chi connectivity index (χ1) is 11.6. The number of aryl methyl sites for hydroxylation is 1. The molecule has 1 aromatic carbocycles. The molecule has 2 fully saturated rings. The zero-order valence-corrected chi connectivity index (χ0v) is 13.5. The summed E-state index contributed by atoms with van der Waals surface area (Å²) in [7, 11) is 1.93. The Balaban J connectivity index is 1.56. The lowest BCUT2D eigenvalue weighted by Gasteiger charge is -2.35. The van der Waals surface area contributed by atoms with Gasteiger partial charge in [0.15, 0.2) is 0 Å². The van der Waals surface area contributed by atoms with Crippen LogP contribution in [0.25, 0.3) is 11.3 Å². The highest BCUT2D eigenvalue weighted by atomic mass is 16.2. The van der Waals surface area contributed by atoms with Crippen LogP contribution in [0.3, 0.4) is 0 Å². The lowest BCUT2D eigenvalue weighted by Crippen LogP contribution is -2.52. The van der Waals surface area contributed by atoms with Crippen molar-refractivity contribution in [2.45, 2.75) is 12.6 Å². The molecule has 1 aromatic heterocycles. The maximum absolute atomic E-state index is 11.9. The van der Waals surface area contributed by atoms with Crippen LogP contribution < -0.4 is 5.32 Å². The van der Waals surface area contributed by atoms with E-state index in [2.05, 4.69) is 27.4 Å². The summed E-state index contributed by atoms with van der Waals surface area (Å²) in [6.07, 6.45) is 1.79. The molecule has 3 heterocycles. The van der Waals surface area contributed by atoms with Gasteiger partial charge in [-0.1, -0.05) is 24.3 Å². The second-order valence-corrected chi connectivity index (χ2v) is 6.24. The summed E-state index contributed by atoms with van der Waals surface area (Å²) in [5.41, 5.74) is 3.41. The third kappa shape index (κ3) is 2.46. The van der Waals surface area contributed by atoms with E-state index in [1.165, 1.54) is 5.56 Å². The van der Waals surface area contributed by atoms with Crippen LogP contribution in [0.4, 0.5) is 4.79 Å². The molecule has 1 atom stereocenters. The number of amides is 3. The number of rotatable bonds is 3. The lowest BCUT2D eigenvalue weighted by atomic mass is 10.0. The largest absolute Gasteiger partial charge is 0.324 e. The van der Waals surface area contributed by atoms with Crippen LogP contribution in [0.5, 0.6) is 0 Å². The number of piperazine rings is 1. The predicted octanol–water partition coefficient (Wildman–Crippen LogP) is 0.823. The Hall–Kier alpha value is -2.67. The second kappa shape index (κ2) is 5.76. The fourth-order valence-corrected chi connectivity index (χ4v) is 3.50. The highest BCUT2D eigenvalue weighted by Crippen LogP contribution is 2.25. The van der Waals surface area contributed by atoms with Crippen LogP contribution in [0.15, 0.2) is 36.5 Å². The van der Waals surface area contributed by atoms with Crippen molar-refractivity contribution in [3.8, 4) is 11.3 Å². The van der Waals surface area contributed by atoms with E-state index in [1.54, 1.807) is 11.1 Å². The monoisotopic (exact) mass is 325 g/mol. The molecule has 7 nitrogen and oxygen atoms in total. The quantitative estimate of drug-likeness (QED) is 0.849. The average molecular weight is 325 g/mol. The van der Waals surface area contributed by atoms with Gasteiger partial charge in [-0.05, 0) is 11.6 Å². The van der Waals surface area contributed by atoms with Crippen molar-refractivity contribution in [3.63, 3.8) is 0 Å². The number of benzene rings is 1. The number of hydrogen-bond acceptors (Lipinski definition) is 4. The Kier molecular flexibility index (Phi) is 3.57. The Morgan fingerprint density at radius 2 is 2.04 bits per heavy atom. The number of carbonyl (C=O) groups is 2. The van der Waals surface area contributed by atoms with Gasteiger partial charge in [-0.2, -0.15) is 5.10 Å². The fraction of sp³-hybridized carbons (Fsp3) is 0.353. The summed E-state index contributed by atoms with van der Waals surface area (Å²) in [5, 5.41) is 6.64. The molecular weight excluding hydrogens is 306 g/mol. The highest BCUT2D eigenvalue weighted by molar-refractivity contribution is 6.04. The highest BCUT2D eigenvalue weighted by Gasteiger charge is 2.41. The van der Waals surface area contributed by atoms with Crippen molar-refractivity contribution >= 4 is 11.9 Å². The third-order valence-corrected chi connectivity index (χ3v) is 4.77. The lowest BCUT2D eigenvalue weighted by molar-refractivity contribution is -0.122. The van der Waals surface area contributed by atoms with Crippen LogP contribution in [-0.4, -0.2) is 57.2 Å². The molecule has 2 aromatic rings. The number of aromatic nitrogens is 2. The van der Waals surface area contributed by atoms with Gasteiger partial charge >= 0.3 is 6.03 Å². The van der Waals surface area contributed by atoms with E-state index in [0.29, 0.717) is 13.1 Å². The van der Waals surface area contributed by atoms with Gasteiger partial charge in [-0.25, -0.2) is 4.79 Å². The van der Waals surface area contributed by atoms with Crippen molar-refractivity contribution in [3.05, 3.63) is 42.1 Å². The number of nitrogens with one attached hydrogen (secondary N) is 1. The summed E-state index contributed by atoms with van der Waals surface area (Å²) < 4.78 is 1.86. The molecule has 1 unspecified atom stereocenters. The number of carbonyl (C=O) groups excluding carboxylic acids is 2. The van der Waals surface area contributed by atoms with Crippen LogP contribution in [0.2, 0.25) is 0 Å². The van der Waals surface area contributed by atoms with Crippen LogP contribution >= 0.6 is 0 Å². The molecule has 0 bridgehead atoms. The predicted molar refractivity (Wildman–Crippen MR) is 88.0 cm³/mol. The summed E-state index contributed by atoms with van der Waals surface area (Å²) >= 11 is 0. The molecule has 0 aliphatic carbocycles. The van der Waals surface area contributed by atoms with Gasteiger partial charge in [0.2, 0.25) is 0 Å². The van der Waals surface area contributed by atoms with Crippen molar-refractivity contribution in [2.24, 2.45) is 7.05 Å². The topological polar surface area (TPSA) is 70.5 Å². The molecule has 4 rings (SSSR count). The molecule has 2 saturated heterocycles. The Morgan fingerprint density at radius 1 is 1.21 bits per heavy atom. The van der Waals surface area contributed by atoms with Gasteiger partial charge in [0, 0.05) is 45.0 Å². The number of imide groups is 1. The Bertz CT molecular complexity index is 800. The number of fused-ring (bicyclic) bond motifs is 1. The van der Waals surface area contributed by atoms with Gasteiger partial charge in [-0.15, -0.1) is 0 Å². The smallest absolute Gasteiger partial charge is 0.310 e. The van der Waals surface area contributed by atoms with Crippen LogP contribution in [-0.2, 0) is 18.4 Å². The number of urea groups is 1. The van der Waals surface area contributed by atoms with Crippen molar-refractivity contribution < 1.29 is 9.59 Å². The molecule has 0 radical (unpaired) electrons. The minimum atomic E-state index is -0.366. The van der Waals surface area contributed by atoms with Crippen molar-refractivity contribution in [1.82, 2.24) is 24.9 Å². The maximum Gasteiger partial charge on any atom is 0.324 e. The second-order valence-electron chi connectivity index (χ2n) is 6.24. The molecule has 24 heavy (non-hydrogen) atoms. The van der Waals surface area contributed by atoms with E-state index in [-0.39, 0.29) is 18.0 Å². The van der Waals surface area contributed by atoms with Crippen molar-refractivity contribution in [2.75, 3.05) is 19.6 Å². The van der Waals surface area contributed by atoms with E-state index in [9.17, 15) is 9.59 Å². The summed E-state index contributed by atoms with van der Waals surface area (Å²) in [6.45, 7) is 2.65. The molecule has 3 amide bonds. The minimum Gasteiger partial charge on any atom is -0.310 e.